The summed E-state index contributed by atoms with van der Waals surface area (Å²) in [5.41, 5.74) is 0.884. The molecule has 0 radical (unpaired) electrons. The summed E-state index contributed by atoms with van der Waals surface area (Å²) in [6, 6.07) is 5.37. The maximum Gasteiger partial charge on any atom is 0.281 e. The van der Waals surface area contributed by atoms with E-state index in [0.717, 1.165) is 17.3 Å². The van der Waals surface area contributed by atoms with Crippen LogP contribution in [0.25, 0.3) is 0 Å². The Morgan fingerprint density at radius 2 is 2.16 bits per heavy atom. The lowest BCUT2D eigenvalue weighted by atomic mass is 10.2. The number of rotatable bonds is 5. The second-order valence-electron chi connectivity index (χ2n) is 4.45. The fourth-order valence-corrected chi connectivity index (χ4v) is 2.38. The second-order valence-corrected chi connectivity index (χ2v) is 5.41. The highest BCUT2D eigenvalue weighted by molar-refractivity contribution is 7.99. The third-order valence-corrected chi connectivity index (χ3v) is 3.45. The molecule has 19 heavy (non-hydrogen) atoms. The predicted octanol–water partition coefficient (Wildman–Crippen LogP) is 3.17. The van der Waals surface area contributed by atoms with Crippen LogP contribution in [0.15, 0.2) is 32.7 Å². The number of benzene rings is 1. The van der Waals surface area contributed by atoms with Crippen LogP contribution in [0, 0.1) is 12.7 Å². The molecule has 0 bridgehead atoms. The Labute approximate surface area is 115 Å². The number of aryl methyl sites for hydroxylation is 1. The zero-order chi connectivity index (χ0) is 13.8. The number of hydrogen-bond donors (Lipinski definition) is 1. The normalized spacial score (nSPS) is 11.2. The quantitative estimate of drug-likeness (QED) is 0.912. The van der Waals surface area contributed by atoms with Gasteiger partial charge < -0.3 is 9.73 Å². The molecule has 0 fully saturated rings. The van der Waals surface area contributed by atoms with Gasteiger partial charge in [-0.3, -0.25) is 0 Å². The van der Waals surface area contributed by atoms with E-state index < -0.39 is 0 Å². The summed E-state index contributed by atoms with van der Waals surface area (Å²) in [5, 5.41) is 11.2. The summed E-state index contributed by atoms with van der Waals surface area (Å²) in [6.07, 6.45) is 0. The molecule has 4 nitrogen and oxygen atoms in total. The lowest BCUT2D eigenvalue weighted by Crippen LogP contribution is -2.22. The number of nitrogens with zero attached hydrogens (tertiary/aromatic N) is 2. The van der Waals surface area contributed by atoms with Crippen molar-refractivity contribution in [3.63, 3.8) is 0 Å². The molecule has 0 aliphatic heterocycles. The highest BCUT2D eigenvalue weighted by atomic mass is 32.2. The van der Waals surface area contributed by atoms with Gasteiger partial charge in [-0.15, -0.1) is 10.2 Å². The first kappa shape index (κ1) is 14.0. The summed E-state index contributed by atoms with van der Waals surface area (Å²) in [6.45, 7) is 6.41. The van der Waals surface area contributed by atoms with Crippen molar-refractivity contribution in [2.75, 3.05) is 0 Å². The predicted molar refractivity (Wildman–Crippen MR) is 71.5 cm³/mol. The summed E-state index contributed by atoms with van der Waals surface area (Å²) < 4.78 is 19.2. The Hall–Kier alpha value is -1.40. The molecule has 6 heteroatoms. The van der Waals surface area contributed by atoms with Crippen molar-refractivity contribution in [2.45, 2.75) is 43.5 Å². The number of hydrogen-bond acceptors (Lipinski definition) is 5. The Morgan fingerprint density at radius 1 is 1.37 bits per heavy atom. The molecular formula is C13H16FN3OS. The van der Waals surface area contributed by atoms with Crippen LogP contribution >= 0.6 is 11.8 Å². The first-order valence-corrected chi connectivity index (χ1v) is 6.86. The van der Waals surface area contributed by atoms with Crippen LogP contribution in [0.3, 0.4) is 0 Å². The van der Waals surface area contributed by atoms with Crippen molar-refractivity contribution in [1.29, 1.82) is 0 Å². The van der Waals surface area contributed by atoms with Crippen LogP contribution < -0.4 is 5.32 Å². The van der Waals surface area contributed by atoms with Crippen LogP contribution in [0.2, 0.25) is 0 Å². The Bertz CT molecular complexity index is 557. The first-order valence-electron chi connectivity index (χ1n) is 6.05. The molecule has 0 atom stereocenters. The van der Waals surface area contributed by atoms with Gasteiger partial charge in [0.05, 0.1) is 4.90 Å². The Balaban J connectivity index is 2.22. The van der Waals surface area contributed by atoms with Gasteiger partial charge in [0.15, 0.2) is 0 Å². The molecule has 0 saturated heterocycles. The molecule has 0 unspecified atom stereocenters. The monoisotopic (exact) mass is 281 g/mol. The molecule has 1 aromatic heterocycles. The zero-order valence-corrected chi connectivity index (χ0v) is 11.9. The Kier molecular flexibility index (Phi) is 4.55. The van der Waals surface area contributed by atoms with E-state index in [4.69, 9.17) is 4.42 Å². The van der Waals surface area contributed by atoms with Crippen LogP contribution in [0.4, 0.5) is 4.39 Å². The van der Waals surface area contributed by atoms with E-state index in [9.17, 15) is 4.39 Å². The van der Waals surface area contributed by atoms with Crippen molar-refractivity contribution >= 4 is 11.8 Å². The molecule has 2 rings (SSSR count). The van der Waals surface area contributed by atoms with Gasteiger partial charge in [-0.25, -0.2) is 4.39 Å². The number of aromatic nitrogens is 2. The average Bonchev–Trinajstić information content (AvgIpc) is 2.75. The average molecular weight is 281 g/mol. The van der Waals surface area contributed by atoms with Gasteiger partial charge in [0.25, 0.3) is 5.22 Å². The summed E-state index contributed by atoms with van der Waals surface area (Å²) in [5.74, 6) is 0.199. The minimum atomic E-state index is -0.274. The highest BCUT2D eigenvalue weighted by Gasteiger charge is 2.14. The number of nitrogens with one attached hydrogen (secondary N) is 1. The largest absolute Gasteiger partial charge is 0.416 e. The molecule has 0 amide bonds. The van der Waals surface area contributed by atoms with Crippen LogP contribution in [0.1, 0.15) is 25.3 Å². The maximum absolute atomic E-state index is 13.9. The fraction of sp³-hybridized carbons (Fsp3) is 0.385. The van der Waals surface area contributed by atoms with Gasteiger partial charge in [-0.05, 0) is 23.4 Å². The summed E-state index contributed by atoms with van der Waals surface area (Å²) in [4.78, 5) is 0.527. The minimum Gasteiger partial charge on any atom is -0.416 e. The second kappa shape index (κ2) is 6.16. The topological polar surface area (TPSA) is 51.0 Å². The van der Waals surface area contributed by atoms with Crippen molar-refractivity contribution in [1.82, 2.24) is 15.5 Å². The maximum atomic E-state index is 13.9. The van der Waals surface area contributed by atoms with Gasteiger partial charge in [0.2, 0.25) is 5.89 Å². The summed E-state index contributed by atoms with van der Waals surface area (Å²) in [7, 11) is 0. The molecule has 0 spiro atoms. The van der Waals surface area contributed by atoms with E-state index in [2.05, 4.69) is 15.5 Å². The van der Waals surface area contributed by atoms with Gasteiger partial charge in [0.1, 0.15) is 5.82 Å². The van der Waals surface area contributed by atoms with E-state index in [-0.39, 0.29) is 5.82 Å². The Morgan fingerprint density at radius 3 is 2.79 bits per heavy atom. The minimum absolute atomic E-state index is 0.274. The van der Waals surface area contributed by atoms with E-state index in [1.165, 1.54) is 6.07 Å². The van der Waals surface area contributed by atoms with Crippen LogP contribution in [-0.4, -0.2) is 16.2 Å². The third-order valence-electron chi connectivity index (χ3n) is 2.45. The van der Waals surface area contributed by atoms with Crippen LogP contribution in [0.5, 0.6) is 0 Å². The molecule has 102 valence electrons. The zero-order valence-electron chi connectivity index (χ0n) is 11.1. The molecule has 0 aliphatic rings. The van der Waals surface area contributed by atoms with Gasteiger partial charge in [0, 0.05) is 19.5 Å². The van der Waals surface area contributed by atoms with E-state index >= 15 is 0 Å². The van der Waals surface area contributed by atoms with Gasteiger partial charge in [-0.1, -0.05) is 26.0 Å². The van der Waals surface area contributed by atoms with Gasteiger partial charge >= 0.3 is 0 Å². The highest BCUT2D eigenvalue weighted by Crippen LogP contribution is 2.31. The van der Waals surface area contributed by atoms with Crippen molar-refractivity contribution in [2.24, 2.45) is 0 Å². The lowest BCUT2D eigenvalue weighted by Gasteiger charge is -2.11. The van der Waals surface area contributed by atoms with Crippen molar-refractivity contribution in [3.8, 4) is 0 Å². The molecule has 1 heterocycles. The van der Waals surface area contributed by atoms with Crippen molar-refractivity contribution < 1.29 is 8.81 Å². The molecule has 1 aromatic carbocycles. The van der Waals surface area contributed by atoms with E-state index in [0.29, 0.717) is 28.6 Å². The third kappa shape index (κ3) is 3.78. The smallest absolute Gasteiger partial charge is 0.281 e. The summed E-state index contributed by atoms with van der Waals surface area (Å²) >= 11 is 1.16. The molecular weight excluding hydrogens is 265 g/mol. The first-order chi connectivity index (χ1) is 9.06. The SMILES string of the molecule is Cc1nnc(Sc2c(F)cccc2CNC(C)C)o1. The fourth-order valence-electron chi connectivity index (χ4n) is 1.53. The van der Waals surface area contributed by atoms with E-state index in [1.807, 2.05) is 19.9 Å². The standard InChI is InChI=1S/C13H16FN3OS/c1-8(2)15-7-10-5-4-6-11(14)12(10)19-13-17-16-9(3)18-13/h4-6,8,15H,7H2,1-3H3. The van der Waals surface area contributed by atoms with Crippen LogP contribution in [-0.2, 0) is 6.54 Å². The van der Waals surface area contributed by atoms with Crippen molar-refractivity contribution in [3.05, 3.63) is 35.5 Å². The van der Waals surface area contributed by atoms with E-state index in [1.54, 1.807) is 13.0 Å². The molecule has 0 aliphatic carbocycles. The number of halogens is 1. The lowest BCUT2D eigenvalue weighted by molar-refractivity contribution is 0.428. The molecule has 2 aromatic rings. The molecule has 1 N–H and O–H groups in total. The molecule has 0 saturated carbocycles. The van der Waals surface area contributed by atoms with Gasteiger partial charge in [-0.2, -0.15) is 0 Å².